The standard InChI is InChI=1S/C16H21NO3S/c1-11-4-6-13(7-5-11)21(19,20)17-14-8-9-15(17)16(3,10-18)12(14)2/h4-7,10,12,14-15H,8-9H2,1-3H3/t12-,14-,15+,16-/m1/s1. The van der Waals surface area contributed by atoms with Crippen LogP contribution in [0.1, 0.15) is 32.3 Å². The first-order valence-corrected chi connectivity index (χ1v) is 8.83. The van der Waals surface area contributed by atoms with Gasteiger partial charge in [-0.15, -0.1) is 0 Å². The minimum atomic E-state index is -3.53. The summed E-state index contributed by atoms with van der Waals surface area (Å²) in [4.78, 5) is 11.9. The van der Waals surface area contributed by atoms with Crippen molar-refractivity contribution in [2.75, 3.05) is 0 Å². The monoisotopic (exact) mass is 307 g/mol. The molecule has 2 fully saturated rings. The van der Waals surface area contributed by atoms with Crippen LogP contribution in [-0.4, -0.2) is 31.1 Å². The van der Waals surface area contributed by atoms with E-state index >= 15 is 0 Å². The number of aryl methyl sites for hydroxylation is 1. The summed E-state index contributed by atoms with van der Waals surface area (Å²) < 4.78 is 27.5. The highest BCUT2D eigenvalue weighted by atomic mass is 32.2. The van der Waals surface area contributed by atoms with Gasteiger partial charge in [-0.25, -0.2) is 8.42 Å². The summed E-state index contributed by atoms with van der Waals surface area (Å²) in [5.74, 6) is 0.0639. The Hall–Kier alpha value is -1.20. The molecule has 0 aliphatic carbocycles. The maximum Gasteiger partial charge on any atom is 0.243 e. The molecule has 2 bridgehead atoms. The topological polar surface area (TPSA) is 54.5 Å². The molecule has 0 aromatic heterocycles. The predicted molar refractivity (Wildman–Crippen MR) is 80.3 cm³/mol. The molecule has 3 rings (SSSR count). The molecular weight excluding hydrogens is 286 g/mol. The van der Waals surface area contributed by atoms with E-state index in [1.54, 1.807) is 16.4 Å². The molecule has 0 radical (unpaired) electrons. The minimum Gasteiger partial charge on any atom is -0.303 e. The van der Waals surface area contributed by atoms with Crippen molar-refractivity contribution in [3.8, 4) is 0 Å². The Bertz CT molecular complexity index is 667. The lowest BCUT2D eigenvalue weighted by Crippen LogP contribution is -2.40. The summed E-state index contributed by atoms with van der Waals surface area (Å²) >= 11 is 0. The van der Waals surface area contributed by atoms with Crippen LogP contribution in [-0.2, 0) is 14.8 Å². The molecule has 1 aromatic carbocycles. The van der Waals surface area contributed by atoms with Crippen LogP contribution in [0, 0.1) is 18.3 Å². The molecule has 1 aromatic rings. The smallest absolute Gasteiger partial charge is 0.243 e. The van der Waals surface area contributed by atoms with Crippen molar-refractivity contribution in [3.63, 3.8) is 0 Å². The summed E-state index contributed by atoms with van der Waals surface area (Å²) in [7, 11) is -3.53. The Labute approximate surface area is 126 Å². The van der Waals surface area contributed by atoms with E-state index in [4.69, 9.17) is 0 Å². The number of fused-ring (bicyclic) bond motifs is 2. The lowest BCUT2D eigenvalue weighted by molar-refractivity contribution is -0.118. The maximum absolute atomic E-state index is 13.0. The quantitative estimate of drug-likeness (QED) is 0.806. The molecule has 5 heteroatoms. The fourth-order valence-electron chi connectivity index (χ4n) is 3.95. The van der Waals surface area contributed by atoms with E-state index in [0.29, 0.717) is 4.90 Å². The number of nitrogens with zero attached hydrogens (tertiary/aromatic N) is 1. The van der Waals surface area contributed by atoms with Gasteiger partial charge in [-0.1, -0.05) is 31.5 Å². The zero-order valence-corrected chi connectivity index (χ0v) is 13.4. The van der Waals surface area contributed by atoms with Crippen molar-refractivity contribution >= 4 is 16.3 Å². The first-order chi connectivity index (χ1) is 9.82. The van der Waals surface area contributed by atoms with Crippen molar-refractivity contribution in [1.29, 1.82) is 0 Å². The molecule has 0 spiro atoms. The highest BCUT2D eigenvalue weighted by molar-refractivity contribution is 7.89. The normalized spacial score (nSPS) is 36.0. The molecule has 2 aliphatic heterocycles. The number of carbonyl (C=O) groups is 1. The van der Waals surface area contributed by atoms with Gasteiger partial charge in [0.25, 0.3) is 0 Å². The van der Waals surface area contributed by atoms with E-state index in [1.807, 2.05) is 32.9 Å². The second-order valence-electron chi connectivity index (χ2n) is 6.58. The van der Waals surface area contributed by atoms with E-state index < -0.39 is 15.4 Å². The number of sulfonamides is 1. The molecule has 2 aliphatic rings. The maximum atomic E-state index is 13.0. The van der Waals surface area contributed by atoms with Gasteiger partial charge >= 0.3 is 0 Å². The highest BCUT2D eigenvalue weighted by Gasteiger charge is 2.62. The fourth-order valence-corrected chi connectivity index (χ4v) is 5.99. The molecule has 0 saturated carbocycles. The summed E-state index contributed by atoms with van der Waals surface area (Å²) in [5, 5.41) is 0. The Morgan fingerprint density at radius 2 is 1.86 bits per heavy atom. The van der Waals surface area contributed by atoms with Crippen LogP contribution in [0.5, 0.6) is 0 Å². The van der Waals surface area contributed by atoms with E-state index in [0.717, 1.165) is 24.7 Å². The average molecular weight is 307 g/mol. The van der Waals surface area contributed by atoms with Gasteiger partial charge in [0.1, 0.15) is 6.29 Å². The number of aldehydes is 1. The van der Waals surface area contributed by atoms with Gasteiger partial charge in [-0.2, -0.15) is 4.31 Å². The van der Waals surface area contributed by atoms with E-state index in [2.05, 4.69) is 0 Å². The summed E-state index contributed by atoms with van der Waals surface area (Å²) in [6, 6.07) is 6.68. The number of hydrogen-bond donors (Lipinski definition) is 0. The van der Waals surface area contributed by atoms with Gasteiger partial charge < -0.3 is 4.79 Å². The zero-order valence-electron chi connectivity index (χ0n) is 12.6. The summed E-state index contributed by atoms with van der Waals surface area (Å²) in [6.45, 7) is 5.82. The van der Waals surface area contributed by atoms with Crippen LogP contribution < -0.4 is 0 Å². The fraction of sp³-hybridized carbons (Fsp3) is 0.562. The average Bonchev–Trinajstić information content (AvgIpc) is 2.98. The lowest BCUT2D eigenvalue weighted by Gasteiger charge is -2.32. The summed E-state index contributed by atoms with van der Waals surface area (Å²) in [6.07, 6.45) is 2.58. The van der Waals surface area contributed by atoms with Crippen LogP contribution in [0.25, 0.3) is 0 Å². The Morgan fingerprint density at radius 3 is 2.38 bits per heavy atom. The van der Waals surface area contributed by atoms with Crippen LogP contribution in [0.15, 0.2) is 29.2 Å². The van der Waals surface area contributed by atoms with Crippen LogP contribution in [0.4, 0.5) is 0 Å². The summed E-state index contributed by atoms with van der Waals surface area (Å²) in [5.41, 5.74) is 0.463. The third kappa shape index (κ3) is 1.90. The second-order valence-corrected chi connectivity index (χ2v) is 8.42. The van der Waals surface area contributed by atoms with Gasteiger partial charge in [-0.05, 0) is 37.8 Å². The molecule has 4 nitrogen and oxygen atoms in total. The van der Waals surface area contributed by atoms with Crippen LogP contribution in [0.2, 0.25) is 0 Å². The Kier molecular flexibility index (Phi) is 3.26. The SMILES string of the molecule is Cc1ccc(S(=O)(=O)N2[C@@H]3CC[C@H]2[C@](C)(C=O)[C@@H]3C)cc1. The highest BCUT2D eigenvalue weighted by Crippen LogP contribution is 2.54. The van der Waals surface area contributed by atoms with Gasteiger partial charge in [0.05, 0.1) is 4.90 Å². The lowest BCUT2D eigenvalue weighted by atomic mass is 9.69. The second kappa shape index (κ2) is 4.65. The largest absolute Gasteiger partial charge is 0.303 e. The van der Waals surface area contributed by atoms with Crippen molar-refractivity contribution < 1.29 is 13.2 Å². The number of rotatable bonds is 3. The molecule has 0 N–H and O–H groups in total. The third-order valence-corrected chi connectivity index (χ3v) is 7.44. The predicted octanol–water partition coefficient (Wildman–Crippen LogP) is 2.37. The zero-order chi connectivity index (χ0) is 15.4. The van der Waals surface area contributed by atoms with Crippen LogP contribution >= 0.6 is 0 Å². The van der Waals surface area contributed by atoms with Crippen molar-refractivity contribution in [1.82, 2.24) is 4.31 Å². The first-order valence-electron chi connectivity index (χ1n) is 7.39. The molecule has 4 atom stereocenters. The van der Waals surface area contributed by atoms with Gasteiger partial charge in [0.15, 0.2) is 0 Å². The molecule has 2 saturated heterocycles. The number of hydrogen-bond acceptors (Lipinski definition) is 3. The van der Waals surface area contributed by atoms with Crippen molar-refractivity contribution in [3.05, 3.63) is 29.8 Å². The first kappa shape index (κ1) is 14.7. The van der Waals surface area contributed by atoms with Gasteiger partial charge in [-0.3, -0.25) is 0 Å². The minimum absolute atomic E-state index is 0.0588. The number of benzene rings is 1. The van der Waals surface area contributed by atoms with Gasteiger partial charge in [0.2, 0.25) is 10.0 Å². The molecule has 0 unspecified atom stereocenters. The van der Waals surface area contributed by atoms with Gasteiger partial charge in [0, 0.05) is 17.5 Å². The van der Waals surface area contributed by atoms with E-state index in [1.165, 1.54) is 0 Å². The molecule has 21 heavy (non-hydrogen) atoms. The molecule has 0 amide bonds. The van der Waals surface area contributed by atoms with E-state index in [9.17, 15) is 13.2 Å². The Morgan fingerprint density at radius 1 is 1.24 bits per heavy atom. The van der Waals surface area contributed by atoms with Crippen molar-refractivity contribution in [2.45, 2.75) is 50.6 Å². The molecule has 2 heterocycles. The molecular formula is C16H21NO3S. The van der Waals surface area contributed by atoms with Crippen LogP contribution in [0.3, 0.4) is 0 Å². The van der Waals surface area contributed by atoms with Crippen molar-refractivity contribution in [2.24, 2.45) is 11.3 Å². The Balaban J connectivity index is 2.05. The van der Waals surface area contributed by atoms with E-state index in [-0.39, 0.29) is 18.0 Å². The molecule has 114 valence electrons. The third-order valence-electron chi connectivity index (χ3n) is 5.50. The number of carbonyl (C=O) groups excluding carboxylic acids is 1.